The van der Waals surface area contributed by atoms with E-state index in [0.29, 0.717) is 56.4 Å². The summed E-state index contributed by atoms with van der Waals surface area (Å²) in [5.41, 5.74) is 11.1. The van der Waals surface area contributed by atoms with Crippen LogP contribution in [0.1, 0.15) is 63.6 Å². The first-order valence-corrected chi connectivity index (χ1v) is 29.4. The molecule has 0 unspecified atom stereocenters. The number of benzene rings is 11. The first-order valence-electron chi connectivity index (χ1n) is 33.4. The molecule has 87 heavy (non-hydrogen) atoms. The minimum absolute atomic E-state index is 0.0503. The first kappa shape index (κ1) is 43.0. The van der Waals surface area contributed by atoms with Crippen LogP contribution in [0.15, 0.2) is 255 Å². The number of hydrogen-bond acceptors (Lipinski definition) is 2. The van der Waals surface area contributed by atoms with Crippen molar-refractivity contribution in [1.29, 1.82) is 0 Å². The van der Waals surface area contributed by atoms with Crippen molar-refractivity contribution in [3.63, 3.8) is 0 Å². The first-order chi connectivity index (χ1) is 45.7. The largest absolute Gasteiger partial charge is 0.458 e. The fourth-order valence-corrected chi connectivity index (χ4v) is 13.4. The summed E-state index contributed by atoms with van der Waals surface area (Å²) in [4.78, 5) is 4.94. The van der Waals surface area contributed by atoms with Crippen LogP contribution in [-0.4, -0.2) is 23.3 Å². The lowest BCUT2D eigenvalue weighted by Gasteiger charge is -2.26. The molecule has 0 spiro atoms. The van der Waals surface area contributed by atoms with Crippen LogP contribution in [0.4, 0.5) is 0 Å². The van der Waals surface area contributed by atoms with Crippen LogP contribution < -0.4 is 9.30 Å². The van der Waals surface area contributed by atoms with E-state index in [2.05, 4.69) is 165 Å². The average Bonchev–Trinajstić information content (AvgIpc) is 1.60. The number of hydrogen-bond donors (Lipinski definition) is 0. The maximum Gasteiger partial charge on any atom is 0.269 e. The van der Waals surface area contributed by atoms with E-state index < -0.39 is 41.7 Å². The third-order valence-electron chi connectivity index (χ3n) is 17.5. The second-order valence-electron chi connectivity index (χ2n) is 24.8. The Morgan fingerprint density at radius 1 is 0.402 bits per heavy atom. The molecule has 0 atom stereocenters. The van der Waals surface area contributed by atoms with Gasteiger partial charge in [0, 0.05) is 50.3 Å². The Morgan fingerprint density at radius 2 is 0.908 bits per heavy atom. The van der Waals surface area contributed by atoms with Gasteiger partial charge in [-0.1, -0.05) is 193 Å². The molecule has 7 heteroatoms. The van der Waals surface area contributed by atoms with Crippen molar-refractivity contribution in [2.75, 3.05) is 0 Å². The van der Waals surface area contributed by atoms with Gasteiger partial charge in [-0.15, -0.1) is 0 Å². The molecule has 6 heterocycles. The van der Waals surface area contributed by atoms with E-state index in [4.69, 9.17) is 9.72 Å². The lowest BCUT2D eigenvalue weighted by atomic mass is 9.83. The van der Waals surface area contributed by atoms with E-state index in [-0.39, 0.29) is 39.8 Å². The molecule has 0 fully saturated rings. The number of para-hydroxylation sites is 5. The number of ether oxygens (including phenoxy) is 1. The van der Waals surface area contributed by atoms with Crippen LogP contribution in [0.5, 0.6) is 11.5 Å². The Labute approximate surface area is 515 Å². The van der Waals surface area contributed by atoms with Gasteiger partial charge in [0.05, 0.1) is 72.2 Å². The molecule has 16 aromatic rings. The third kappa shape index (κ3) is 7.82. The number of rotatable bonds is 6. The van der Waals surface area contributed by atoms with Gasteiger partial charge in [0.25, 0.3) is 6.33 Å². The fraction of sp³-hybridized carbons (Fsp3) is 0.100. The topological polar surface area (TPSA) is 45.7 Å². The summed E-state index contributed by atoms with van der Waals surface area (Å²) in [5.74, 6) is 1.91. The zero-order valence-electron chi connectivity index (χ0n) is 56.7. The Balaban J connectivity index is 1.02. The van der Waals surface area contributed by atoms with Crippen molar-refractivity contribution >= 4 is 76.5 Å². The fourth-order valence-electron chi connectivity index (χ4n) is 13.4. The highest BCUT2D eigenvalue weighted by Crippen LogP contribution is 2.48. The molecule has 0 radical (unpaired) electrons. The van der Waals surface area contributed by atoms with Crippen LogP contribution in [0.3, 0.4) is 0 Å². The molecule has 0 N–H and O–H groups in total. The lowest BCUT2D eigenvalue weighted by Crippen LogP contribution is -2.33. The van der Waals surface area contributed by atoms with Gasteiger partial charge in [-0.25, -0.2) is 4.98 Å². The summed E-state index contributed by atoms with van der Waals surface area (Å²) >= 11 is 0. The lowest BCUT2D eigenvalue weighted by molar-refractivity contribution is -0.571. The zero-order chi connectivity index (χ0) is 65.4. The average molecular weight is 1130 g/mol. The van der Waals surface area contributed by atoms with E-state index in [1.807, 2.05) is 112 Å². The van der Waals surface area contributed by atoms with Crippen LogP contribution in [0, 0.1) is 6.33 Å². The Morgan fingerprint density at radius 3 is 1.48 bits per heavy atom. The number of nitrogens with zero attached hydrogens (tertiary/aromatic N) is 6. The molecule has 0 saturated heterocycles. The van der Waals surface area contributed by atoms with Crippen molar-refractivity contribution in [1.82, 2.24) is 23.3 Å². The maximum atomic E-state index is 10.3. The van der Waals surface area contributed by atoms with Crippen LogP contribution in [0.2, 0.25) is 0 Å². The standard InChI is InChI=1S/C80H60N6O/c1-79(2,3)50-40-41-81-76(44-50)86-72-37-20-15-32-64(72)65-39-38-55(48-73(65)86)87-54-23-21-22-52(45-54)82-49-83-77-67(46-53(47-74(77)82)84-68-33-16-11-28-60(68)61-29-12-17-34-69(61)84)59-27-10-8-25-57(59)56-24-7-9-26-58(56)66-42-51(80(4,5)6)43-75(78(66)83)85-70-35-18-13-30-62(70)63-31-14-19-36-71(63)85/h7-48H,1-6H3/i7D,8D,9D,10D,24D,25D,26D,27D. The van der Waals surface area contributed by atoms with Gasteiger partial charge in [-0.3, -0.25) is 13.7 Å². The molecule has 17 rings (SSSR count). The third-order valence-corrected chi connectivity index (χ3v) is 17.5. The van der Waals surface area contributed by atoms with E-state index in [1.54, 1.807) is 0 Å². The Kier molecular flexibility index (Phi) is 9.32. The molecule has 1 aliphatic rings. The van der Waals surface area contributed by atoms with Crippen LogP contribution >= 0.6 is 0 Å². The predicted octanol–water partition coefficient (Wildman–Crippen LogP) is 20.1. The molecule has 7 nitrogen and oxygen atoms in total. The van der Waals surface area contributed by atoms with Gasteiger partial charge in [0.15, 0.2) is 0 Å². The number of aromatic nitrogens is 6. The van der Waals surface area contributed by atoms with E-state index in [9.17, 15) is 11.0 Å². The normalized spacial score (nSPS) is 13.8. The Hall–Kier alpha value is -10.8. The van der Waals surface area contributed by atoms with Gasteiger partial charge in [-0.05, 0) is 146 Å². The molecule has 0 amide bonds. The molecule has 0 bridgehead atoms. The molecule has 11 aromatic carbocycles. The summed E-state index contributed by atoms with van der Waals surface area (Å²) in [6.45, 7) is 12.9. The summed E-state index contributed by atoms with van der Waals surface area (Å²) < 4.78 is 96.4. The SMILES string of the molecule is [2H]c1c([2H])c([2H])c2c(c1[2H])-c1cc(C(C)(C)C)cc(-n3c4ccccc4c4ccccc43)c1-[n+]1[c-]n(-c3cccc(Oc4ccc5c6ccccc6n(-c6cc(C(C)(C)C)ccn6)c5c4)c3)c3cc(-n4c5ccccc5c5ccccc54)cc(c31)-c1c([2H])c([2H])c([2H])c([2H])c1-2. The molecule has 0 saturated carbocycles. The minimum atomic E-state index is -0.561. The van der Waals surface area contributed by atoms with Crippen LogP contribution in [0.25, 0.3) is 138 Å². The van der Waals surface area contributed by atoms with E-state index in [0.717, 1.165) is 82.4 Å². The summed E-state index contributed by atoms with van der Waals surface area (Å²) in [6.07, 6.45) is 5.79. The van der Waals surface area contributed by atoms with Gasteiger partial charge >= 0.3 is 0 Å². The van der Waals surface area contributed by atoms with Crippen LogP contribution in [-0.2, 0) is 10.8 Å². The maximum absolute atomic E-state index is 10.3. The quantitative estimate of drug-likeness (QED) is 0.123. The minimum Gasteiger partial charge on any atom is -0.458 e. The smallest absolute Gasteiger partial charge is 0.269 e. The second-order valence-corrected chi connectivity index (χ2v) is 24.8. The van der Waals surface area contributed by atoms with Crippen molar-refractivity contribution in [2.45, 2.75) is 52.4 Å². The van der Waals surface area contributed by atoms with Gasteiger partial charge in [0.1, 0.15) is 17.3 Å². The summed E-state index contributed by atoms with van der Waals surface area (Å²) in [7, 11) is 0. The second kappa shape index (κ2) is 18.9. The molecule has 0 aliphatic carbocycles. The monoisotopic (exact) mass is 1130 g/mol. The molecule has 416 valence electrons. The zero-order valence-corrected chi connectivity index (χ0v) is 48.7. The van der Waals surface area contributed by atoms with E-state index in [1.165, 1.54) is 0 Å². The molecular weight excluding hydrogens is 1060 g/mol. The number of pyridine rings is 1. The molecular formula is C80H60N6O. The van der Waals surface area contributed by atoms with Crippen molar-refractivity contribution in [3.05, 3.63) is 272 Å². The summed E-state index contributed by atoms with van der Waals surface area (Å²) in [6, 6.07) is 63.9. The van der Waals surface area contributed by atoms with Crippen molar-refractivity contribution in [2.24, 2.45) is 0 Å². The number of fused-ring (bicyclic) bond motifs is 16. The Bertz CT molecular complexity index is 5930. The highest BCUT2D eigenvalue weighted by Gasteiger charge is 2.31. The van der Waals surface area contributed by atoms with Gasteiger partial charge in [0.2, 0.25) is 0 Å². The molecule has 5 aromatic heterocycles. The van der Waals surface area contributed by atoms with Gasteiger partial charge in [-0.2, -0.15) is 0 Å². The highest BCUT2D eigenvalue weighted by atomic mass is 16.5. The summed E-state index contributed by atoms with van der Waals surface area (Å²) in [5, 5.41) is 6.13. The van der Waals surface area contributed by atoms with Crippen molar-refractivity contribution < 1.29 is 20.3 Å². The van der Waals surface area contributed by atoms with E-state index >= 15 is 0 Å². The number of imidazole rings is 1. The van der Waals surface area contributed by atoms with Gasteiger partial charge < -0.3 is 13.9 Å². The predicted molar refractivity (Wildman–Crippen MR) is 358 cm³/mol. The molecule has 1 aliphatic heterocycles. The van der Waals surface area contributed by atoms with Crippen molar-refractivity contribution in [3.8, 4) is 73.4 Å². The highest BCUT2D eigenvalue weighted by molar-refractivity contribution is 6.13.